The first kappa shape index (κ1) is 17.0. The number of ether oxygens (including phenoxy) is 2. The Balaban J connectivity index is 2.05. The Bertz CT molecular complexity index is 884. The Hall–Kier alpha value is -2.79. The number of benzene rings is 2. The number of methoxy groups -OCH3 is 1. The van der Waals surface area contributed by atoms with Crippen molar-refractivity contribution in [3.63, 3.8) is 0 Å². The minimum absolute atomic E-state index is 0.121. The Morgan fingerprint density at radius 2 is 1.88 bits per heavy atom. The number of hydrogen-bond donors (Lipinski definition) is 1. The average Bonchev–Trinajstić information content (AvgIpc) is 2.87. The van der Waals surface area contributed by atoms with Crippen molar-refractivity contribution in [3.8, 4) is 5.75 Å². The van der Waals surface area contributed by atoms with Crippen LogP contribution in [0.3, 0.4) is 0 Å². The number of carbonyl (C=O) groups excluding carboxylic acids is 1. The van der Waals surface area contributed by atoms with Crippen LogP contribution in [0.15, 0.2) is 48.5 Å². The van der Waals surface area contributed by atoms with Gasteiger partial charge in [-0.3, -0.25) is 0 Å². The van der Waals surface area contributed by atoms with Crippen LogP contribution in [-0.2, 0) is 16.0 Å². The van der Waals surface area contributed by atoms with Crippen molar-refractivity contribution in [2.45, 2.75) is 13.5 Å². The van der Waals surface area contributed by atoms with E-state index in [-0.39, 0.29) is 12.4 Å². The van der Waals surface area contributed by atoms with Gasteiger partial charge in [0.15, 0.2) is 0 Å². The van der Waals surface area contributed by atoms with Crippen LogP contribution in [0, 0.1) is 6.92 Å². The lowest BCUT2D eigenvalue weighted by Crippen LogP contribution is -2.11. The second-order valence-electron chi connectivity index (χ2n) is 5.86. The van der Waals surface area contributed by atoms with Crippen LogP contribution < -0.4 is 0 Å². The third-order valence-corrected chi connectivity index (χ3v) is 4.22. The van der Waals surface area contributed by atoms with Gasteiger partial charge in [0.2, 0.25) is 0 Å². The third-order valence-electron chi connectivity index (χ3n) is 4.22. The van der Waals surface area contributed by atoms with Crippen molar-refractivity contribution >= 4 is 16.9 Å². The summed E-state index contributed by atoms with van der Waals surface area (Å²) in [5.41, 5.74) is 3.32. The van der Waals surface area contributed by atoms with Crippen LogP contribution in [0.4, 0.5) is 0 Å². The summed E-state index contributed by atoms with van der Waals surface area (Å²) < 4.78 is 12.3. The second kappa shape index (κ2) is 7.40. The first-order valence-corrected chi connectivity index (χ1v) is 8.13. The van der Waals surface area contributed by atoms with Crippen LogP contribution in [0.2, 0.25) is 0 Å². The lowest BCUT2D eigenvalue weighted by molar-refractivity contribution is 0.0389. The highest BCUT2D eigenvalue weighted by Gasteiger charge is 2.21. The van der Waals surface area contributed by atoms with E-state index in [1.165, 1.54) is 0 Å². The number of hydrogen-bond acceptors (Lipinski definition) is 4. The van der Waals surface area contributed by atoms with E-state index < -0.39 is 5.97 Å². The SMILES string of the molecule is COCCOC(=O)c1c(C)n(Cc2ccccc2)c2ccc(O)cc12. The standard InChI is InChI=1S/C20H21NO4/c1-14-19(20(23)25-11-10-24-2)17-12-16(22)8-9-18(17)21(14)13-15-6-4-3-5-7-15/h3-9,12,22H,10-11,13H2,1-2H3. The lowest BCUT2D eigenvalue weighted by Gasteiger charge is -2.09. The number of nitrogens with zero attached hydrogens (tertiary/aromatic N) is 1. The smallest absolute Gasteiger partial charge is 0.340 e. The maximum Gasteiger partial charge on any atom is 0.340 e. The molecule has 0 spiro atoms. The summed E-state index contributed by atoms with van der Waals surface area (Å²) in [7, 11) is 1.56. The fourth-order valence-corrected chi connectivity index (χ4v) is 2.99. The summed E-state index contributed by atoms with van der Waals surface area (Å²) in [6, 6.07) is 15.1. The van der Waals surface area contributed by atoms with Gasteiger partial charge >= 0.3 is 5.97 Å². The summed E-state index contributed by atoms with van der Waals surface area (Å²) in [5.74, 6) is -0.285. The predicted octanol–water partition coefficient (Wildman–Crippen LogP) is 3.51. The third kappa shape index (κ3) is 3.51. The number of phenols is 1. The van der Waals surface area contributed by atoms with Gasteiger partial charge in [0.05, 0.1) is 12.2 Å². The molecule has 0 aliphatic carbocycles. The Labute approximate surface area is 146 Å². The number of aromatic hydroxyl groups is 1. The van der Waals surface area contributed by atoms with E-state index in [1.54, 1.807) is 19.2 Å². The molecule has 0 saturated carbocycles. The molecular weight excluding hydrogens is 318 g/mol. The minimum Gasteiger partial charge on any atom is -0.508 e. The molecule has 1 N–H and O–H groups in total. The summed E-state index contributed by atoms with van der Waals surface area (Å²) in [4.78, 5) is 12.6. The molecule has 5 heteroatoms. The molecule has 0 radical (unpaired) electrons. The highest BCUT2D eigenvalue weighted by Crippen LogP contribution is 2.30. The fourth-order valence-electron chi connectivity index (χ4n) is 2.99. The monoisotopic (exact) mass is 339 g/mol. The van der Waals surface area contributed by atoms with Crippen LogP contribution in [0.25, 0.3) is 10.9 Å². The van der Waals surface area contributed by atoms with Crippen molar-refractivity contribution in [2.24, 2.45) is 0 Å². The summed E-state index contributed by atoms with van der Waals surface area (Å²) in [6.07, 6.45) is 0. The maximum absolute atomic E-state index is 12.6. The molecule has 25 heavy (non-hydrogen) atoms. The first-order valence-electron chi connectivity index (χ1n) is 8.13. The molecule has 3 aromatic rings. The summed E-state index contributed by atoms with van der Waals surface area (Å²) in [6.45, 7) is 3.07. The van der Waals surface area contributed by atoms with Gasteiger partial charge in [0, 0.05) is 30.3 Å². The number of esters is 1. The molecular formula is C20H21NO4. The zero-order valence-corrected chi connectivity index (χ0v) is 14.4. The number of fused-ring (bicyclic) bond motifs is 1. The van der Waals surface area contributed by atoms with Crippen LogP contribution in [-0.4, -0.2) is 36.0 Å². The fraction of sp³-hybridized carbons (Fsp3) is 0.250. The number of rotatable bonds is 6. The molecule has 0 fully saturated rings. The van der Waals surface area contributed by atoms with Gasteiger partial charge in [-0.15, -0.1) is 0 Å². The predicted molar refractivity (Wildman–Crippen MR) is 96.0 cm³/mol. The molecule has 0 atom stereocenters. The molecule has 0 bridgehead atoms. The van der Waals surface area contributed by atoms with E-state index in [9.17, 15) is 9.90 Å². The minimum atomic E-state index is -0.406. The Morgan fingerprint density at radius 1 is 1.12 bits per heavy atom. The van der Waals surface area contributed by atoms with Crippen molar-refractivity contribution in [3.05, 3.63) is 65.4 Å². The molecule has 1 heterocycles. The van der Waals surface area contributed by atoms with Gasteiger partial charge in [0.1, 0.15) is 12.4 Å². The van der Waals surface area contributed by atoms with E-state index in [1.807, 2.05) is 43.3 Å². The lowest BCUT2D eigenvalue weighted by atomic mass is 10.1. The Kier molecular flexibility index (Phi) is 5.05. The molecule has 0 saturated heterocycles. The molecule has 0 aliphatic heterocycles. The van der Waals surface area contributed by atoms with Crippen molar-refractivity contribution in [1.29, 1.82) is 0 Å². The number of aromatic nitrogens is 1. The van der Waals surface area contributed by atoms with Gasteiger partial charge < -0.3 is 19.1 Å². The molecule has 0 unspecified atom stereocenters. The molecule has 3 rings (SSSR count). The molecule has 2 aromatic carbocycles. The average molecular weight is 339 g/mol. The van der Waals surface area contributed by atoms with Crippen LogP contribution in [0.5, 0.6) is 5.75 Å². The van der Waals surface area contributed by atoms with Crippen molar-refractivity contribution in [2.75, 3.05) is 20.3 Å². The van der Waals surface area contributed by atoms with Crippen LogP contribution in [0.1, 0.15) is 21.6 Å². The quantitative estimate of drug-likeness (QED) is 0.551. The Morgan fingerprint density at radius 3 is 2.60 bits per heavy atom. The van der Waals surface area contributed by atoms with E-state index in [2.05, 4.69) is 4.57 Å². The highest BCUT2D eigenvalue weighted by molar-refractivity contribution is 6.06. The summed E-state index contributed by atoms with van der Waals surface area (Å²) in [5, 5.41) is 10.5. The highest BCUT2D eigenvalue weighted by atomic mass is 16.6. The van der Waals surface area contributed by atoms with E-state index in [0.717, 1.165) is 16.8 Å². The molecule has 130 valence electrons. The first-order chi connectivity index (χ1) is 12.1. The number of phenolic OH excluding ortho intramolecular Hbond substituents is 1. The van der Waals surface area contributed by atoms with Crippen molar-refractivity contribution < 1.29 is 19.4 Å². The van der Waals surface area contributed by atoms with E-state index in [4.69, 9.17) is 9.47 Å². The molecule has 5 nitrogen and oxygen atoms in total. The molecule has 0 aliphatic rings. The topological polar surface area (TPSA) is 60.7 Å². The normalized spacial score (nSPS) is 11.0. The van der Waals surface area contributed by atoms with Gasteiger partial charge in [-0.1, -0.05) is 30.3 Å². The molecule has 1 aromatic heterocycles. The van der Waals surface area contributed by atoms with Crippen LogP contribution >= 0.6 is 0 Å². The van der Waals surface area contributed by atoms with Crippen molar-refractivity contribution in [1.82, 2.24) is 4.57 Å². The van der Waals surface area contributed by atoms with E-state index in [0.29, 0.717) is 24.1 Å². The van der Waals surface area contributed by atoms with Gasteiger partial charge in [-0.2, -0.15) is 0 Å². The second-order valence-corrected chi connectivity index (χ2v) is 5.86. The van der Waals surface area contributed by atoms with E-state index >= 15 is 0 Å². The number of carbonyl (C=O) groups is 1. The summed E-state index contributed by atoms with van der Waals surface area (Å²) >= 11 is 0. The zero-order chi connectivity index (χ0) is 17.8. The maximum atomic E-state index is 12.6. The van der Waals surface area contributed by atoms with Gasteiger partial charge in [-0.05, 0) is 30.7 Å². The zero-order valence-electron chi connectivity index (χ0n) is 14.4. The molecule has 0 amide bonds. The van der Waals surface area contributed by atoms with Gasteiger partial charge in [0.25, 0.3) is 0 Å². The largest absolute Gasteiger partial charge is 0.508 e. The van der Waals surface area contributed by atoms with Gasteiger partial charge in [-0.25, -0.2) is 4.79 Å².